The summed E-state index contributed by atoms with van der Waals surface area (Å²) in [4.78, 5) is 20.0. The fourth-order valence-corrected chi connectivity index (χ4v) is 6.52. The highest BCUT2D eigenvalue weighted by molar-refractivity contribution is 7.20. The number of nitrogens with zero attached hydrogens (tertiary/aromatic N) is 1. The molecule has 0 saturated carbocycles. The van der Waals surface area contributed by atoms with Gasteiger partial charge in [-0.1, -0.05) is 35.9 Å². The summed E-state index contributed by atoms with van der Waals surface area (Å²) < 4.78 is 48.4. The molecule has 2 N–H and O–H groups in total. The topological polar surface area (TPSA) is 93.7 Å². The number of H-pyrrole nitrogens is 1. The molecule has 4 heterocycles. The van der Waals surface area contributed by atoms with Gasteiger partial charge in [-0.05, 0) is 60.4 Å². The van der Waals surface area contributed by atoms with E-state index in [1.807, 2.05) is 6.07 Å². The Bertz CT molecular complexity index is 1840. The van der Waals surface area contributed by atoms with Crippen LogP contribution in [-0.2, 0) is 16.9 Å². The van der Waals surface area contributed by atoms with Crippen molar-refractivity contribution in [3.63, 3.8) is 0 Å². The number of rotatable bonds is 7. The number of carboxylic acid groups (broad SMARTS) is 1. The summed E-state index contributed by atoms with van der Waals surface area (Å²) in [5.41, 5.74) is 2.50. The number of imidazole rings is 1. The Morgan fingerprint density at radius 2 is 2.00 bits per heavy atom. The molecule has 5 aromatic rings. The number of aromatic carboxylic acids is 1. The first-order valence-electron chi connectivity index (χ1n) is 13.3. The first kappa shape index (κ1) is 26.9. The third kappa shape index (κ3) is 4.59. The highest BCUT2D eigenvalue weighted by Gasteiger charge is 2.42. The predicted octanol–water partition coefficient (Wildman–Crippen LogP) is 7.68. The van der Waals surface area contributed by atoms with Crippen molar-refractivity contribution in [3.05, 3.63) is 99.1 Å². The van der Waals surface area contributed by atoms with Crippen LogP contribution in [0.2, 0.25) is 5.02 Å². The van der Waals surface area contributed by atoms with E-state index in [0.29, 0.717) is 57.4 Å². The molecule has 3 atom stereocenters. The van der Waals surface area contributed by atoms with E-state index in [0.717, 1.165) is 17.8 Å². The molecular weight excluding hydrogens is 586 g/mol. The van der Waals surface area contributed by atoms with Gasteiger partial charge in [0.15, 0.2) is 11.5 Å². The van der Waals surface area contributed by atoms with E-state index in [1.54, 1.807) is 43.3 Å². The molecule has 0 bridgehead atoms. The average molecular weight is 609 g/mol. The fourth-order valence-electron chi connectivity index (χ4n) is 5.53. The SMILES string of the molecule is CC1(c2ccc(Cl)cc2F)Oc2cccc(-c3ccc(CC(c4nc5sc(C(=O)O)cc5[nH]4)[C@@H]4CCO4)c(F)c3)c2O1. The Balaban J connectivity index is 1.17. The van der Waals surface area contributed by atoms with Gasteiger partial charge in [0.1, 0.15) is 27.2 Å². The molecule has 1 fully saturated rings. The Hall–Kier alpha value is -3.99. The minimum Gasteiger partial charge on any atom is -0.477 e. The van der Waals surface area contributed by atoms with Crippen molar-refractivity contribution in [2.24, 2.45) is 0 Å². The second-order valence-electron chi connectivity index (χ2n) is 10.5. The first-order chi connectivity index (χ1) is 20.2. The lowest BCUT2D eigenvalue weighted by atomic mass is 9.88. The van der Waals surface area contributed by atoms with Crippen LogP contribution in [0.1, 0.15) is 45.9 Å². The summed E-state index contributed by atoms with van der Waals surface area (Å²) >= 11 is 7.02. The molecule has 2 aromatic heterocycles. The third-order valence-corrected chi connectivity index (χ3v) is 9.00. The zero-order valence-corrected chi connectivity index (χ0v) is 23.7. The van der Waals surface area contributed by atoms with Crippen LogP contribution in [0, 0.1) is 11.6 Å². The quantitative estimate of drug-likeness (QED) is 0.197. The van der Waals surface area contributed by atoms with Crippen molar-refractivity contribution in [1.82, 2.24) is 9.97 Å². The third-order valence-electron chi connectivity index (χ3n) is 7.75. The average Bonchev–Trinajstić information content (AvgIpc) is 3.59. The predicted molar refractivity (Wildman–Crippen MR) is 154 cm³/mol. The van der Waals surface area contributed by atoms with Crippen LogP contribution < -0.4 is 9.47 Å². The van der Waals surface area contributed by atoms with Gasteiger partial charge in [0.25, 0.3) is 5.79 Å². The number of halogens is 3. The minimum absolute atomic E-state index is 0.128. The van der Waals surface area contributed by atoms with Crippen molar-refractivity contribution in [3.8, 4) is 22.6 Å². The summed E-state index contributed by atoms with van der Waals surface area (Å²) in [6, 6.07) is 16.1. The number of aromatic nitrogens is 2. The van der Waals surface area contributed by atoms with Crippen molar-refractivity contribution < 1.29 is 32.9 Å². The summed E-state index contributed by atoms with van der Waals surface area (Å²) in [6.07, 6.45) is 1.03. The molecule has 2 aliphatic rings. The summed E-state index contributed by atoms with van der Waals surface area (Å²) in [5, 5.41) is 9.53. The minimum atomic E-state index is -1.43. The van der Waals surface area contributed by atoms with Crippen molar-refractivity contribution in [1.29, 1.82) is 0 Å². The summed E-state index contributed by atoms with van der Waals surface area (Å²) in [5.74, 6) is -2.18. The van der Waals surface area contributed by atoms with E-state index in [-0.39, 0.29) is 27.5 Å². The standard InChI is InChI=1S/C31H23ClF2N2O5S/c1-31(20-8-7-17(32)13-22(20)34)40-25-4-2-3-18(27(25)41-31)15-5-6-16(21(33)12-15)11-19(24-9-10-39-24)28-35-23-14-26(30(37)38)42-29(23)36-28/h2-8,12-14,19,24H,9-11H2,1H3,(H,35,36)(H,37,38)/t19?,24-,31?/m0/s1. The number of para-hydroxylation sites is 1. The van der Waals surface area contributed by atoms with Crippen LogP contribution in [0.25, 0.3) is 21.5 Å². The van der Waals surface area contributed by atoms with Crippen LogP contribution >= 0.6 is 22.9 Å². The maximum Gasteiger partial charge on any atom is 0.346 e. The monoisotopic (exact) mass is 608 g/mol. The highest BCUT2D eigenvalue weighted by atomic mass is 35.5. The number of aromatic amines is 1. The largest absolute Gasteiger partial charge is 0.477 e. The Kier molecular flexibility index (Phi) is 6.45. The van der Waals surface area contributed by atoms with E-state index in [2.05, 4.69) is 9.97 Å². The van der Waals surface area contributed by atoms with E-state index >= 15 is 4.39 Å². The molecule has 0 radical (unpaired) electrons. The summed E-state index contributed by atoms with van der Waals surface area (Å²) in [6.45, 7) is 2.25. The second-order valence-corrected chi connectivity index (χ2v) is 11.9. The number of hydrogen-bond acceptors (Lipinski definition) is 6. The molecule has 7 rings (SSSR count). The molecule has 1 saturated heterocycles. The number of carboxylic acids is 1. The van der Waals surface area contributed by atoms with Crippen LogP contribution in [0.15, 0.2) is 60.7 Å². The van der Waals surface area contributed by atoms with Gasteiger partial charge in [-0.2, -0.15) is 0 Å². The molecule has 11 heteroatoms. The normalized spacial score (nSPS) is 20.0. The van der Waals surface area contributed by atoms with Crippen LogP contribution in [-0.4, -0.2) is 33.8 Å². The number of carbonyl (C=O) groups is 1. The maximum absolute atomic E-state index is 15.7. The second kappa shape index (κ2) is 10.1. The molecule has 2 aliphatic heterocycles. The molecule has 0 spiro atoms. The number of benzene rings is 3. The Morgan fingerprint density at radius 3 is 2.69 bits per heavy atom. The lowest BCUT2D eigenvalue weighted by molar-refractivity contribution is -0.0705. The van der Waals surface area contributed by atoms with Gasteiger partial charge < -0.3 is 24.3 Å². The van der Waals surface area contributed by atoms with Gasteiger partial charge in [0.05, 0.1) is 17.2 Å². The van der Waals surface area contributed by atoms with Crippen molar-refractivity contribution in [2.75, 3.05) is 6.61 Å². The molecule has 214 valence electrons. The van der Waals surface area contributed by atoms with E-state index in [9.17, 15) is 14.3 Å². The van der Waals surface area contributed by atoms with Crippen molar-refractivity contribution in [2.45, 2.75) is 37.6 Å². The fraction of sp³-hybridized carbons (Fsp3) is 0.226. The number of thiophene rings is 1. The van der Waals surface area contributed by atoms with E-state index in [1.165, 1.54) is 18.2 Å². The molecule has 3 aromatic carbocycles. The maximum atomic E-state index is 15.7. The van der Waals surface area contributed by atoms with Gasteiger partial charge in [-0.3, -0.25) is 0 Å². The molecule has 42 heavy (non-hydrogen) atoms. The smallest absolute Gasteiger partial charge is 0.346 e. The molecule has 0 amide bonds. The summed E-state index contributed by atoms with van der Waals surface area (Å²) in [7, 11) is 0. The highest BCUT2D eigenvalue weighted by Crippen LogP contribution is 2.50. The first-order valence-corrected chi connectivity index (χ1v) is 14.5. The molecule has 2 unspecified atom stereocenters. The van der Waals surface area contributed by atoms with Gasteiger partial charge in [-0.15, -0.1) is 11.3 Å². The van der Waals surface area contributed by atoms with E-state index in [4.69, 9.17) is 25.8 Å². The number of nitrogens with one attached hydrogen (secondary N) is 1. The van der Waals surface area contributed by atoms with Gasteiger partial charge in [-0.25, -0.2) is 18.6 Å². The van der Waals surface area contributed by atoms with Crippen molar-refractivity contribution >= 4 is 39.3 Å². The molecule has 0 aliphatic carbocycles. The Morgan fingerprint density at radius 1 is 1.17 bits per heavy atom. The van der Waals surface area contributed by atoms with Gasteiger partial charge >= 0.3 is 5.97 Å². The van der Waals surface area contributed by atoms with E-state index < -0.39 is 23.4 Å². The number of fused-ring (bicyclic) bond motifs is 2. The van der Waals surface area contributed by atoms with Crippen LogP contribution in [0.5, 0.6) is 11.5 Å². The zero-order valence-electron chi connectivity index (χ0n) is 22.1. The molecule has 7 nitrogen and oxygen atoms in total. The lowest BCUT2D eigenvalue weighted by Gasteiger charge is -2.33. The lowest BCUT2D eigenvalue weighted by Crippen LogP contribution is -2.35. The van der Waals surface area contributed by atoms with Gasteiger partial charge in [0.2, 0.25) is 0 Å². The van der Waals surface area contributed by atoms with Crippen LogP contribution in [0.3, 0.4) is 0 Å². The zero-order chi connectivity index (χ0) is 29.2. The van der Waals surface area contributed by atoms with Gasteiger partial charge in [0, 0.05) is 30.0 Å². The number of ether oxygens (including phenoxy) is 3. The molecular formula is C31H23ClF2N2O5S. The Labute approximate surface area is 247 Å². The van der Waals surface area contributed by atoms with Crippen LogP contribution in [0.4, 0.5) is 8.78 Å². The number of hydrogen-bond donors (Lipinski definition) is 2.